The van der Waals surface area contributed by atoms with Crippen LogP contribution in [-0.4, -0.2) is 4.98 Å². The summed E-state index contributed by atoms with van der Waals surface area (Å²) < 4.78 is 11.8. The minimum Gasteiger partial charge on any atom is -0.467 e. The second kappa shape index (κ2) is 5.96. The lowest BCUT2D eigenvalue weighted by Gasteiger charge is -2.22. The second-order valence-electron chi connectivity index (χ2n) is 4.38. The van der Waals surface area contributed by atoms with Gasteiger partial charge in [-0.3, -0.25) is 4.98 Å². The number of hydrogen-bond acceptors (Lipinski definition) is 4. The molecule has 0 bridgehead atoms. The third-order valence-corrected chi connectivity index (χ3v) is 3.34. The van der Waals surface area contributed by atoms with Crippen LogP contribution in [0.1, 0.15) is 11.5 Å². The minimum absolute atomic E-state index is 0.659. The Hall–Kier alpha value is -2.01. The van der Waals surface area contributed by atoms with Crippen LogP contribution in [0.25, 0.3) is 0 Å². The summed E-state index contributed by atoms with van der Waals surface area (Å²) in [7, 11) is 0. The van der Waals surface area contributed by atoms with Crippen molar-refractivity contribution in [3.8, 4) is 0 Å². The van der Waals surface area contributed by atoms with Crippen LogP contribution < -0.4 is 4.90 Å². The molecule has 0 amide bonds. The van der Waals surface area contributed by atoms with Crippen molar-refractivity contribution in [2.75, 3.05) is 4.90 Å². The highest BCUT2D eigenvalue weighted by atomic mass is 79.9. The van der Waals surface area contributed by atoms with Crippen LogP contribution >= 0.6 is 15.9 Å². The molecule has 0 aliphatic rings. The molecule has 0 atom stereocenters. The molecular formula is C15H13BrN2O2. The highest BCUT2D eigenvalue weighted by Crippen LogP contribution is 2.22. The van der Waals surface area contributed by atoms with Crippen molar-refractivity contribution in [1.82, 2.24) is 4.98 Å². The van der Waals surface area contributed by atoms with E-state index in [0.29, 0.717) is 13.1 Å². The molecule has 20 heavy (non-hydrogen) atoms. The van der Waals surface area contributed by atoms with Crippen LogP contribution in [0.5, 0.6) is 0 Å². The van der Waals surface area contributed by atoms with E-state index in [1.807, 2.05) is 36.5 Å². The molecule has 3 aromatic heterocycles. The van der Waals surface area contributed by atoms with Gasteiger partial charge in [-0.25, -0.2) is 0 Å². The topological polar surface area (TPSA) is 42.4 Å². The summed E-state index contributed by atoms with van der Waals surface area (Å²) in [5, 5.41) is 0. The molecule has 3 aromatic rings. The van der Waals surface area contributed by atoms with Gasteiger partial charge < -0.3 is 13.7 Å². The van der Waals surface area contributed by atoms with Gasteiger partial charge in [0.1, 0.15) is 11.5 Å². The molecule has 0 unspecified atom stereocenters. The van der Waals surface area contributed by atoms with Crippen LogP contribution in [-0.2, 0) is 13.1 Å². The van der Waals surface area contributed by atoms with Gasteiger partial charge in [-0.05, 0) is 46.3 Å². The molecule has 0 radical (unpaired) electrons. The average Bonchev–Trinajstić information content (AvgIpc) is 3.11. The van der Waals surface area contributed by atoms with E-state index >= 15 is 0 Å². The Morgan fingerprint density at radius 2 is 1.65 bits per heavy atom. The Kier molecular flexibility index (Phi) is 3.87. The molecule has 5 heteroatoms. The van der Waals surface area contributed by atoms with E-state index in [1.54, 1.807) is 18.7 Å². The van der Waals surface area contributed by atoms with E-state index in [2.05, 4.69) is 25.8 Å². The fraction of sp³-hybridized carbons (Fsp3) is 0.133. The zero-order chi connectivity index (χ0) is 13.8. The van der Waals surface area contributed by atoms with E-state index < -0.39 is 0 Å². The van der Waals surface area contributed by atoms with Gasteiger partial charge in [-0.1, -0.05) is 0 Å². The van der Waals surface area contributed by atoms with Crippen molar-refractivity contribution in [3.05, 3.63) is 71.2 Å². The molecule has 0 aliphatic carbocycles. The monoisotopic (exact) mass is 332 g/mol. The first-order chi connectivity index (χ1) is 9.81. The number of furan rings is 2. The van der Waals surface area contributed by atoms with E-state index in [1.165, 1.54) is 0 Å². The Balaban J connectivity index is 1.86. The van der Waals surface area contributed by atoms with E-state index in [9.17, 15) is 0 Å². The SMILES string of the molecule is Brc1cncc(N(Cc2ccco2)Cc2ccco2)c1. The fourth-order valence-electron chi connectivity index (χ4n) is 1.99. The predicted octanol–water partition coefficient (Wildman–Crippen LogP) is 4.24. The van der Waals surface area contributed by atoms with Gasteiger partial charge in [-0.2, -0.15) is 0 Å². The molecule has 0 spiro atoms. The van der Waals surface area contributed by atoms with Crippen LogP contribution in [0.2, 0.25) is 0 Å². The van der Waals surface area contributed by atoms with Crippen LogP contribution in [0.15, 0.2) is 68.6 Å². The molecule has 0 aromatic carbocycles. The van der Waals surface area contributed by atoms with E-state index in [0.717, 1.165) is 21.7 Å². The van der Waals surface area contributed by atoms with Gasteiger partial charge in [0.25, 0.3) is 0 Å². The Labute approximate surface area is 125 Å². The van der Waals surface area contributed by atoms with Crippen LogP contribution in [0, 0.1) is 0 Å². The maximum Gasteiger partial charge on any atom is 0.123 e. The normalized spacial score (nSPS) is 10.7. The molecule has 0 fully saturated rings. The van der Waals surface area contributed by atoms with Crippen LogP contribution in [0.3, 0.4) is 0 Å². The maximum absolute atomic E-state index is 5.43. The number of nitrogens with zero attached hydrogens (tertiary/aromatic N) is 2. The van der Waals surface area contributed by atoms with Crippen molar-refractivity contribution >= 4 is 21.6 Å². The summed E-state index contributed by atoms with van der Waals surface area (Å²) in [6.45, 7) is 1.32. The van der Waals surface area contributed by atoms with E-state index in [-0.39, 0.29) is 0 Å². The summed E-state index contributed by atoms with van der Waals surface area (Å²) in [4.78, 5) is 6.36. The molecule has 3 heterocycles. The van der Waals surface area contributed by atoms with Crippen molar-refractivity contribution in [2.24, 2.45) is 0 Å². The standard InChI is InChI=1S/C15H13BrN2O2/c16-12-7-13(9-17-8-12)18(10-14-3-1-5-19-14)11-15-4-2-6-20-15/h1-9H,10-11H2. The number of anilines is 1. The lowest BCUT2D eigenvalue weighted by Crippen LogP contribution is -2.21. The molecule has 3 rings (SSSR count). The highest BCUT2D eigenvalue weighted by Gasteiger charge is 2.12. The van der Waals surface area contributed by atoms with Gasteiger partial charge in [-0.15, -0.1) is 0 Å². The highest BCUT2D eigenvalue weighted by molar-refractivity contribution is 9.10. The van der Waals surface area contributed by atoms with Gasteiger partial charge >= 0.3 is 0 Å². The first kappa shape index (κ1) is 13.0. The maximum atomic E-state index is 5.43. The quantitative estimate of drug-likeness (QED) is 0.700. The second-order valence-corrected chi connectivity index (χ2v) is 5.29. The smallest absolute Gasteiger partial charge is 0.123 e. The summed E-state index contributed by atoms with van der Waals surface area (Å²) in [5.41, 5.74) is 1.01. The molecule has 4 nitrogen and oxygen atoms in total. The molecular weight excluding hydrogens is 320 g/mol. The molecule has 0 saturated carbocycles. The lowest BCUT2D eigenvalue weighted by atomic mass is 10.3. The third kappa shape index (κ3) is 3.11. The number of halogens is 1. The van der Waals surface area contributed by atoms with Crippen molar-refractivity contribution in [2.45, 2.75) is 13.1 Å². The Morgan fingerprint density at radius 3 is 2.15 bits per heavy atom. The zero-order valence-corrected chi connectivity index (χ0v) is 12.3. The molecule has 102 valence electrons. The van der Waals surface area contributed by atoms with E-state index in [4.69, 9.17) is 8.83 Å². The van der Waals surface area contributed by atoms with Gasteiger partial charge in [0, 0.05) is 10.7 Å². The van der Waals surface area contributed by atoms with Crippen LogP contribution in [0.4, 0.5) is 5.69 Å². The summed E-state index contributed by atoms with van der Waals surface area (Å²) in [6, 6.07) is 9.72. The van der Waals surface area contributed by atoms with Crippen molar-refractivity contribution < 1.29 is 8.83 Å². The number of hydrogen-bond donors (Lipinski definition) is 0. The first-order valence-electron chi connectivity index (χ1n) is 6.21. The predicted molar refractivity (Wildman–Crippen MR) is 79.2 cm³/mol. The first-order valence-corrected chi connectivity index (χ1v) is 7.01. The number of pyridine rings is 1. The molecule has 0 N–H and O–H groups in total. The van der Waals surface area contributed by atoms with Crippen molar-refractivity contribution in [1.29, 1.82) is 0 Å². The third-order valence-electron chi connectivity index (χ3n) is 2.91. The van der Waals surface area contributed by atoms with Gasteiger partial charge in [0.05, 0.1) is 37.5 Å². The number of rotatable bonds is 5. The van der Waals surface area contributed by atoms with Crippen molar-refractivity contribution in [3.63, 3.8) is 0 Å². The van der Waals surface area contributed by atoms with Gasteiger partial charge in [0.2, 0.25) is 0 Å². The number of aromatic nitrogens is 1. The zero-order valence-electron chi connectivity index (χ0n) is 10.7. The Bertz CT molecular complexity index is 614. The summed E-state index contributed by atoms with van der Waals surface area (Å²) >= 11 is 3.45. The largest absolute Gasteiger partial charge is 0.467 e. The van der Waals surface area contributed by atoms with Gasteiger partial charge in [0.15, 0.2) is 0 Å². The minimum atomic E-state index is 0.659. The summed E-state index contributed by atoms with van der Waals surface area (Å²) in [6.07, 6.45) is 6.96. The molecule has 0 saturated heterocycles. The lowest BCUT2D eigenvalue weighted by molar-refractivity contribution is 0.476. The Morgan fingerprint density at radius 1 is 1.00 bits per heavy atom. The fourth-order valence-corrected chi connectivity index (χ4v) is 2.35. The summed E-state index contributed by atoms with van der Waals surface area (Å²) in [5.74, 6) is 1.80. The average molecular weight is 333 g/mol. The molecule has 0 aliphatic heterocycles.